The maximum absolute atomic E-state index is 12.3. The molecule has 112 valence electrons. The SMILES string of the molecule is O=CC[C@H](CC(=O)c1ccccc1)c1ccc([N+](=O)[O-])cc1. The summed E-state index contributed by atoms with van der Waals surface area (Å²) in [6.07, 6.45) is 1.17. The third kappa shape index (κ3) is 3.85. The Balaban J connectivity index is 2.17. The van der Waals surface area contributed by atoms with Crippen LogP contribution in [0.1, 0.15) is 34.7 Å². The molecular formula is C17H15NO4. The van der Waals surface area contributed by atoms with Crippen LogP contribution in [0.4, 0.5) is 5.69 Å². The first-order valence-corrected chi connectivity index (χ1v) is 6.88. The Labute approximate surface area is 127 Å². The summed E-state index contributed by atoms with van der Waals surface area (Å²) in [5.74, 6) is -0.322. The molecule has 0 aliphatic rings. The van der Waals surface area contributed by atoms with Crippen molar-refractivity contribution in [1.29, 1.82) is 0 Å². The van der Waals surface area contributed by atoms with Gasteiger partial charge < -0.3 is 4.79 Å². The highest BCUT2D eigenvalue weighted by Crippen LogP contribution is 2.26. The van der Waals surface area contributed by atoms with E-state index in [0.717, 1.165) is 11.8 Å². The van der Waals surface area contributed by atoms with Gasteiger partial charge in [0.05, 0.1) is 4.92 Å². The Kier molecular flexibility index (Phi) is 5.14. The van der Waals surface area contributed by atoms with Gasteiger partial charge in [0, 0.05) is 30.5 Å². The van der Waals surface area contributed by atoms with Gasteiger partial charge in [-0.25, -0.2) is 0 Å². The number of benzene rings is 2. The summed E-state index contributed by atoms with van der Waals surface area (Å²) >= 11 is 0. The van der Waals surface area contributed by atoms with Crippen LogP contribution >= 0.6 is 0 Å². The summed E-state index contributed by atoms with van der Waals surface area (Å²) in [5.41, 5.74) is 1.34. The fourth-order valence-electron chi connectivity index (χ4n) is 2.29. The van der Waals surface area contributed by atoms with Crippen LogP contribution in [0.3, 0.4) is 0 Å². The summed E-state index contributed by atoms with van der Waals surface area (Å²) in [6.45, 7) is 0. The second kappa shape index (κ2) is 7.26. The van der Waals surface area contributed by atoms with E-state index in [2.05, 4.69) is 0 Å². The monoisotopic (exact) mass is 297 g/mol. The first-order valence-electron chi connectivity index (χ1n) is 6.88. The van der Waals surface area contributed by atoms with E-state index < -0.39 is 4.92 Å². The molecule has 0 spiro atoms. The Hall–Kier alpha value is -2.82. The van der Waals surface area contributed by atoms with Crippen LogP contribution in [0.2, 0.25) is 0 Å². The minimum atomic E-state index is -0.479. The molecule has 0 aromatic heterocycles. The van der Waals surface area contributed by atoms with Crippen molar-refractivity contribution in [1.82, 2.24) is 0 Å². The summed E-state index contributed by atoms with van der Waals surface area (Å²) in [5, 5.41) is 10.7. The van der Waals surface area contributed by atoms with Gasteiger partial charge >= 0.3 is 0 Å². The number of rotatable bonds is 7. The molecule has 0 radical (unpaired) electrons. The third-order valence-electron chi connectivity index (χ3n) is 3.48. The first kappa shape index (κ1) is 15.6. The summed E-state index contributed by atoms with van der Waals surface area (Å²) in [4.78, 5) is 33.3. The Morgan fingerprint density at radius 3 is 2.27 bits per heavy atom. The maximum Gasteiger partial charge on any atom is 0.269 e. The molecule has 0 fully saturated rings. The Morgan fingerprint density at radius 2 is 1.73 bits per heavy atom. The molecular weight excluding hydrogens is 282 g/mol. The van der Waals surface area contributed by atoms with Crippen molar-refractivity contribution in [3.63, 3.8) is 0 Å². The number of nitro groups is 1. The zero-order valence-electron chi connectivity index (χ0n) is 11.8. The maximum atomic E-state index is 12.3. The highest BCUT2D eigenvalue weighted by molar-refractivity contribution is 5.96. The van der Waals surface area contributed by atoms with Gasteiger partial charge in [-0.05, 0) is 11.5 Å². The van der Waals surface area contributed by atoms with Crippen LogP contribution < -0.4 is 0 Å². The van der Waals surface area contributed by atoms with Crippen molar-refractivity contribution in [2.75, 3.05) is 0 Å². The highest BCUT2D eigenvalue weighted by Gasteiger charge is 2.18. The van der Waals surface area contributed by atoms with E-state index in [1.54, 1.807) is 36.4 Å². The van der Waals surface area contributed by atoms with Crippen molar-refractivity contribution >= 4 is 17.8 Å². The van der Waals surface area contributed by atoms with Crippen molar-refractivity contribution in [2.24, 2.45) is 0 Å². The van der Waals surface area contributed by atoms with Gasteiger partial charge in [-0.3, -0.25) is 14.9 Å². The molecule has 0 aliphatic heterocycles. The number of hydrogen-bond acceptors (Lipinski definition) is 4. The summed E-state index contributed by atoms with van der Waals surface area (Å²) in [6, 6.07) is 14.8. The Morgan fingerprint density at radius 1 is 1.09 bits per heavy atom. The molecule has 0 heterocycles. The number of nitro benzene ring substituents is 1. The molecule has 5 heteroatoms. The van der Waals surface area contributed by atoms with Gasteiger partial charge in [-0.2, -0.15) is 0 Å². The van der Waals surface area contributed by atoms with E-state index in [0.29, 0.717) is 5.56 Å². The molecule has 1 atom stereocenters. The molecule has 0 saturated heterocycles. The van der Waals surface area contributed by atoms with Crippen LogP contribution in [0.15, 0.2) is 54.6 Å². The number of ketones is 1. The van der Waals surface area contributed by atoms with Crippen LogP contribution in [-0.2, 0) is 4.79 Å². The molecule has 0 saturated carbocycles. The molecule has 5 nitrogen and oxygen atoms in total. The van der Waals surface area contributed by atoms with Crippen molar-refractivity contribution in [3.05, 3.63) is 75.8 Å². The predicted molar refractivity (Wildman–Crippen MR) is 81.9 cm³/mol. The number of Topliss-reactive ketones (excluding diaryl/α,β-unsaturated/α-hetero) is 1. The number of carbonyl (C=O) groups is 2. The zero-order chi connectivity index (χ0) is 15.9. The molecule has 0 amide bonds. The normalized spacial score (nSPS) is 11.6. The van der Waals surface area contributed by atoms with Crippen molar-refractivity contribution in [3.8, 4) is 0 Å². The van der Waals surface area contributed by atoms with E-state index >= 15 is 0 Å². The largest absolute Gasteiger partial charge is 0.303 e. The first-order chi connectivity index (χ1) is 10.6. The quantitative estimate of drug-likeness (QED) is 0.339. The third-order valence-corrected chi connectivity index (χ3v) is 3.48. The van der Waals surface area contributed by atoms with Crippen molar-refractivity contribution in [2.45, 2.75) is 18.8 Å². The smallest absolute Gasteiger partial charge is 0.269 e. The van der Waals surface area contributed by atoms with Gasteiger partial charge in [-0.1, -0.05) is 42.5 Å². The number of carbonyl (C=O) groups excluding carboxylic acids is 2. The average Bonchev–Trinajstić information content (AvgIpc) is 2.55. The molecule has 22 heavy (non-hydrogen) atoms. The number of nitrogens with zero attached hydrogens (tertiary/aromatic N) is 1. The minimum absolute atomic E-state index is 0.0111. The van der Waals surface area contributed by atoms with Gasteiger partial charge in [0.25, 0.3) is 5.69 Å². The number of non-ortho nitro benzene ring substituents is 1. The van der Waals surface area contributed by atoms with Gasteiger partial charge in [-0.15, -0.1) is 0 Å². The predicted octanol–water partition coefficient (Wildman–Crippen LogP) is 3.54. The number of aldehydes is 1. The lowest BCUT2D eigenvalue weighted by atomic mass is 9.89. The van der Waals surface area contributed by atoms with Crippen LogP contribution in [-0.4, -0.2) is 17.0 Å². The second-order valence-electron chi connectivity index (χ2n) is 4.94. The molecule has 0 bridgehead atoms. The van der Waals surface area contributed by atoms with E-state index in [1.807, 2.05) is 6.07 Å². The van der Waals surface area contributed by atoms with E-state index in [9.17, 15) is 19.7 Å². The van der Waals surface area contributed by atoms with Gasteiger partial charge in [0.15, 0.2) is 5.78 Å². The highest BCUT2D eigenvalue weighted by atomic mass is 16.6. The van der Waals surface area contributed by atoms with Crippen LogP contribution in [0.25, 0.3) is 0 Å². The molecule has 0 N–H and O–H groups in total. The van der Waals surface area contributed by atoms with E-state index in [1.165, 1.54) is 12.1 Å². The standard InChI is InChI=1S/C17H15NO4/c19-11-10-15(12-17(20)14-4-2-1-3-5-14)13-6-8-16(9-7-13)18(21)22/h1-9,11,15H,10,12H2/t15-/m1/s1. The minimum Gasteiger partial charge on any atom is -0.303 e. The summed E-state index contributed by atoms with van der Waals surface area (Å²) in [7, 11) is 0. The molecule has 0 aliphatic carbocycles. The molecule has 2 aromatic rings. The van der Waals surface area contributed by atoms with Crippen molar-refractivity contribution < 1.29 is 14.5 Å². The fraction of sp³-hybridized carbons (Fsp3) is 0.176. The van der Waals surface area contributed by atoms with E-state index in [4.69, 9.17) is 0 Å². The Bertz CT molecular complexity index is 665. The lowest BCUT2D eigenvalue weighted by molar-refractivity contribution is -0.384. The molecule has 2 aromatic carbocycles. The number of hydrogen-bond donors (Lipinski definition) is 0. The second-order valence-corrected chi connectivity index (χ2v) is 4.94. The lowest BCUT2D eigenvalue weighted by Crippen LogP contribution is -2.08. The van der Waals surface area contributed by atoms with Crippen LogP contribution in [0, 0.1) is 10.1 Å². The fourth-order valence-corrected chi connectivity index (χ4v) is 2.29. The van der Waals surface area contributed by atoms with Gasteiger partial charge in [0.2, 0.25) is 0 Å². The van der Waals surface area contributed by atoms with Crippen LogP contribution in [0.5, 0.6) is 0 Å². The summed E-state index contributed by atoms with van der Waals surface area (Å²) < 4.78 is 0. The lowest BCUT2D eigenvalue weighted by Gasteiger charge is -2.13. The molecule has 2 rings (SSSR count). The average molecular weight is 297 g/mol. The zero-order valence-corrected chi connectivity index (χ0v) is 11.8. The molecule has 0 unspecified atom stereocenters. The van der Waals surface area contributed by atoms with Gasteiger partial charge in [0.1, 0.15) is 6.29 Å². The van der Waals surface area contributed by atoms with E-state index in [-0.39, 0.29) is 30.2 Å². The topological polar surface area (TPSA) is 77.3 Å².